The van der Waals surface area contributed by atoms with Crippen molar-refractivity contribution < 1.29 is 17.9 Å². The molecule has 1 atom stereocenters. The van der Waals surface area contributed by atoms with Crippen LogP contribution in [0.3, 0.4) is 0 Å². The largest absolute Gasteiger partial charge is 0.381 e. The van der Waals surface area contributed by atoms with E-state index in [9.17, 15) is 8.42 Å². The molecule has 6 heteroatoms. The van der Waals surface area contributed by atoms with E-state index in [-0.39, 0.29) is 11.7 Å². The lowest BCUT2D eigenvalue weighted by atomic mass is 9.86. The average Bonchev–Trinajstić information content (AvgIpc) is 2.45. The van der Waals surface area contributed by atoms with Gasteiger partial charge in [0.1, 0.15) is 0 Å². The van der Waals surface area contributed by atoms with Crippen LogP contribution in [0.1, 0.15) is 18.4 Å². The normalized spacial score (nSPS) is 25.7. The highest BCUT2D eigenvalue weighted by Crippen LogP contribution is 2.38. The molecule has 0 bridgehead atoms. The van der Waals surface area contributed by atoms with Gasteiger partial charge in [-0.25, -0.2) is 8.42 Å². The number of hydrogen-bond acceptors (Lipinski definition) is 4. The van der Waals surface area contributed by atoms with Gasteiger partial charge >= 0.3 is 0 Å². The summed E-state index contributed by atoms with van der Waals surface area (Å²) < 4.78 is 37.8. The van der Waals surface area contributed by atoms with Crippen LogP contribution in [0.2, 0.25) is 0 Å². The molecule has 3 rings (SSSR count). The Balaban J connectivity index is 1.71. The van der Waals surface area contributed by atoms with Gasteiger partial charge in [0.25, 0.3) is 0 Å². The van der Waals surface area contributed by atoms with Gasteiger partial charge in [0.05, 0.1) is 16.6 Å². The number of sulfonamides is 1. The second kappa shape index (κ2) is 5.35. The molecular weight excluding hydrogens is 290 g/mol. The molecule has 2 aliphatic rings. The lowest BCUT2D eigenvalue weighted by Crippen LogP contribution is -2.67. The molecule has 1 aromatic rings. The van der Waals surface area contributed by atoms with Crippen LogP contribution in [0, 0.1) is 6.92 Å². The molecule has 21 heavy (non-hydrogen) atoms. The molecule has 0 amide bonds. The summed E-state index contributed by atoms with van der Waals surface area (Å²) in [6.45, 7) is 3.42. The summed E-state index contributed by atoms with van der Waals surface area (Å²) in [6.07, 6.45) is 1.81. The first-order chi connectivity index (χ1) is 9.95. The highest BCUT2D eigenvalue weighted by Gasteiger charge is 2.52. The first-order valence-electron chi connectivity index (χ1n) is 7.19. The molecule has 0 saturated carbocycles. The third-order valence-corrected chi connectivity index (χ3v) is 6.17. The molecule has 0 radical (unpaired) electrons. The monoisotopic (exact) mass is 311 g/mol. The van der Waals surface area contributed by atoms with Crippen molar-refractivity contribution in [2.75, 3.05) is 26.8 Å². The Kier molecular flexibility index (Phi) is 3.81. The fraction of sp³-hybridized carbons (Fsp3) is 0.600. The van der Waals surface area contributed by atoms with Crippen LogP contribution >= 0.6 is 0 Å². The number of rotatable bonds is 3. The Bertz CT molecular complexity index is 605. The van der Waals surface area contributed by atoms with E-state index in [1.165, 1.54) is 4.31 Å². The predicted molar refractivity (Wildman–Crippen MR) is 78.7 cm³/mol. The zero-order chi connectivity index (χ0) is 15.1. The molecular formula is C15H21NO4S. The van der Waals surface area contributed by atoms with Gasteiger partial charge < -0.3 is 9.47 Å². The maximum atomic E-state index is 12.5. The molecule has 116 valence electrons. The summed E-state index contributed by atoms with van der Waals surface area (Å²) in [6, 6.07) is 6.96. The summed E-state index contributed by atoms with van der Waals surface area (Å²) in [7, 11) is -1.71. The maximum absolute atomic E-state index is 12.5. The molecule has 1 aromatic carbocycles. The second-order valence-electron chi connectivity index (χ2n) is 5.97. The van der Waals surface area contributed by atoms with Gasteiger partial charge in [-0.3, -0.25) is 0 Å². The van der Waals surface area contributed by atoms with Crippen molar-refractivity contribution in [3.05, 3.63) is 29.8 Å². The summed E-state index contributed by atoms with van der Waals surface area (Å²) in [4.78, 5) is 0.349. The van der Waals surface area contributed by atoms with E-state index in [1.54, 1.807) is 19.2 Å². The van der Waals surface area contributed by atoms with Crippen molar-refractivity contribution in [2.45, 2.75) is 36.4 Å². The summed E-state index contributed by atoms with van der Waals surface area (Å²) in [5.74, 6) is 0. The molecule has 2 aliphatic heterocycles. The van der Waals surface area contributed by atoms with Crippen molar-refractivity contribution in [1.82, 2.24) is 4.31 Å². The first-order valence-corrected chi connectivity index (χ1v) is 8.63. The lowest BCUT2D eigenvalue weighted by molar-refractivity contribution is -0.173. The minimum Gasteiger partial charge on any atom is -0.381 e. The van der Waals surface area contributed by atoms with Crippen LogP contribution in [0.4, 0.5) is 0 Å². The first kappa shape index (κ1) is 15.0. The van der Waals surface area contributed by atoms with Gasteiger partial charge in [-0.2, -0.15) is 4.31 Å². The molecule has 5 nitrogen and oxygen atoms in total. The van der Waals surface area contributed by atoms with Crippen molar-refractivity contribution >= 4 is 10.0 Å². The molecule has 1 spiro atoms. The highest BCUT2D eigenvalue weighted by atomic mass is 32.2. The molecule has 1 unspecified atom stereocenters. The molecule has 2 heterocycles. The number of nitrogens with zero attached hydrogens (tertiary/aromatic N) is 1. The number of benzene rings is 1. The van der Waals surface area contributed by atoms with Gasteiger partial charge in [-0.05, 0) is 25.5 Å². The van der Waals surface area contributed by atoms with Crippen molar-refractivity contribution in [1.29, 1.82) is 0 Å². The Morgan fingerprint density at radius 3 is 2.57 bits per heavy atom. The van der Waals surface area contributed by atoms with Gasteiger partial charge in [0.2, 0.25) is 10.0 Å². The van der Waals surface area contributed by atoms with E-state index in [2.05, 4.69) is 0 Å². The standard InChI is InChI=1S/C15H21NO4S/c1-12-3-5-14(6-4-12)21(17,18)16-10-15(11-16)9-13(19-2)7-8-20-15/h3-6,13H,7-11H2,1-2H3. The molecule has 0 N–H and O–H groups in total. The topological polar surface area (TPSA) is 55.8 Å². The van der Waals surface area contributed by atoms with Crippen molar-refractivity contribution in [2.24, 2.45) is 0 Å². The summed E-state index contributed by atoms with van der Waals surface area (Å²) in [5.41, 5.74) is 0.698. The fourth-order valence-electron chi connectivity index (χ4n) is 3.03. The van der Waals surface area contributed by atoms with E-state index in [4.69, 9.17) is 9.47 Å². The van der Waals surface area contributed by atoms with Gasteiger partial charge in [-0.15, -0.1) is 0 Å². The summed E-state index contributed by atoms with van der Waals surface area (Å²) >= 11 is 0. The Hall–Kier alpha value is -0.950. The Morgan fingerprint density at radius 2 is 1.95 bits per heavy atom. The van der Waals surface area contributed by atoms with Crippen LogP contribution in [0.5, 0.6) is 0 Å². The number of aryl methyl sites for hydroxylation is 1. The molecule has 2 saturated heterocycles. The number of hydrogen-bond donors (Lipinski definition) is 0. The highest BCUT2D eigenvalue weighted by molar-refractivity contribution is 7.89. The number of ether oxygens (including phenoxy) is 2. The zero-order valence-corrected chi connectivity index (χ0v) is 13.2. The minimum atomic E-state index is -3.41. The maximum Gasteiger partial charge on any atom is 0.243 e. The Morgan fingerprint density at radius 1 is 1.29 bits per heavy atom. The Labute approximate surface area is 125 Å². The van der Waals surface area contributed by atoms with Gasteiger partial charge in [0.15, 0.2) is 0 Å². The lowest BCUT2D eigenvalue weighted by Gasteiger charge is -2.51. The SMILES string of the molecule is COC1CCOC2(C1)CN(S(=O)(=O)c1ccc(C)cc1)C2. The van der Waals surface area contributed by atoms with Crippen molar-refractivity contribution in [3.63, 3.8) is 0 Å². The third kappa shape index (κ3) is 2.73. The minimum absolute atomic E-state index is 0.169. The van der Waals surface area contributed by atoms with Gasteiger partial charge in [-0.1, -0.05) is 17.7 Å². The van der Waals surface area contributed by atoms with Crippen LogP contribution in [0.15, 0.2) is 29.2 Å². The van der Waals surface area contributed by atoms with E-state index >= 15 is 0 Å². The van der Waals surface area contributed by atoms with Crippen LogP contribution in [-0.4, -0.2) is 51.2 Å². The van der Waals surface area contributed by atoms with E-state index in [1.807, 2.05) is 19.1 Å². The molecule has 0 aromatic heterocycles. The van der Waals surface area contributed by atoms with E-state index in [0.29, 0.717) is 24.6 Å². The van der Waals surface area contributed by atoms with E-state index < -0.39 is 10.0 Å². The fourth-order valence-corrected chi connectivity index (χ4v) is 4.62. The van der Waals surface area contributed by atoms with Crippen molar-refractivity contribution in [3.8, 4) is 0 Å². The van der Waals surface area contributed by atoms with Crippen LogP contribution in [0.25, 0.3) is 0 Å². The smallest absolute Gasteiger partial charge is 0.243 e. The van der Waals surface area contributed by atoms with Crippen LogP contribution < -0.4 is 0 Å². The average molecular weight is 311 g/mol. The quantitative estimate of drug-likeness (QED) is 0.850. The summed E-state index contributed by atoms with van der Waals surface area (Å²) in [5, 5.41) is 0. The third-order valence-electron chi connectivity index (χ3n) is 4.37. The molecule has 0 aliphatic carbocycles. The van der Waals surface area contributed by atoms with Crippen LogP contribution in [-0.2, 0) is 19.5 Å². The second-order valence-corrected chi connectivity index (χ2v) is 7.91. The van der Waals surface area contributed by atoms with Gasteiger partial charge in [0, 0.05) is 33.2 Å². The number of methoxy groups -OCH3 is 1. The van der Waals surface area contributed by atoms with E-state index in [0.717, 1.165) is 18.4 Å². The predicted octanol–water partition coefficient (Wildman–Crippen LogP) is 1.56. The zero-order valence-electron chi connectivity index (χ0n) is 12.4. The molecule has 2 fully saturated rings.